The molecule has 0 saturated carbocycles. The van der Waals surface area contributed by atoms with E-state index in [4.69, 9.17) is 5.14 Å². The summed E-state index contributed by atoms with van der Waals surface area (Å²) in [6.07, 6.45) is 0. The van der Waals surface area contributed by atoms with Gasteiger partial charge >= 0.3 is 0 Å². The lowest BCUT2D eigenvalue weighted by atomic mass is 10.1. The van der Waals surface area contributed by atoms with Crippen molar-refractivity contribution >= 4 is 21.4 Å². The van der Waals surface area contributed by atoms with E-state index in [-0.39, 0.29) is 10.9 Å². The Morgan fingerprint density at radius 3 is 2.35 bits per heavy atom. The highest BCUT2D eigenvalue weighted by molar-refractivity contribution is 7.89. The van der Waals surface area contributed by atoms with Gasteiger partial charge in [0, 0.05) is 22.3 Å². The predicted octanol–water partition coefficient (Wildman–Crippen LogP) is 2.55. The summed E-state index contributed by atoms with van der Waals surface area (Å²) in [5.41, 5.74) is 1.03. The summed E-state index contributed by atoms with van der Waals surface area (Å²) in [5.74, 6) is 0. The monoisotopic (exact) mass is 310 g/mol. The van der Waals surface area contributed by atoms with Crippen molar-refractivity contribution in [2.45, 2.75) is 31.3 Å². The first kappa shape index (κ1) is 15.2. The van der Waals surface area contributed by atoms with Gasteiger partial charge in [-0.3, -0.25) is 0 Å². The van der Waals surface area contributed by atoms with Crippen LogP contribution in [0.4, 0.5) is 0 Å². The predicted molar refractivity (Wildman–Crippen MR) is 82.1 cm³/mol. The van der Waals surface area contributed by atoms with Gasteiger partial charge < -0.3 is 5.32 Å². The van der Waals surface area contributed by atoms with E-state index >= 15 is 0 Å². The molecule has 0 radical (unpaired) electrons. The van der Waals surface area contributed by atoms with E-state index in [1.165, 1.54) is 21.9 Å². The van der Waals surface area contributed by atoms with E-state index in [0.29, 0.717) is 0 Å². The van der Waals surface area contributed by atoms with Gasteiger partial charge in [0.2, 0.25) is 10.0 Å². The average molecular weight is 310 g/mol. The highest BCUT2D eigenvalue weighted by Crippen LogP contribution is 2.18. The second-order valence-corrected chi connectivity index (χ2v) is 7.66. The molecule has 4 nitrogen and oxygen atoms in total. The van der Waals surface area contributed by atoms with E-state index in [2.05, 4.69) is 24.4 Å². The van der Waals surface area contributed by atoms with Crippen molar-refractivity contribution in [3.05, 3.63) is 51.7 Å². The number of nitrogens with one attached hydrogen (secondary N) is 1. The number of rotatable bonds is 5. The lowest BCUT2D eigenvalue weighted by molar-refractivity contribution is 0.577. The van der Waals surface area contributed by atoms with Gasteiger partial charge in [0.25, 0.3) is 0 Å². The normalized spacial score (nSPS) is 13.3. The zero-order chi connectivity index (χ0) is 14.8. The number of thiophene rings is 1. The Bertz CT molecular complexity index is 675. The quantitative estimate of drug-likeness (QED) is 0.891. The third-order valence-electron chi connectivity index (χ3n) is 3.09. The van der Waals surface area contributed by atoms with Crippen molar-refractivity contribution in [1.82, 2.24) is 5.32 Å². The van der Waals surface area contributed by atoms with Crippen LogP contribution in [0.25, 0.3) is 0 Å². The smallest absolute Gasteiger partial charge is 0.238 e. The molecule has 0 spiro atoms. The third-order valence-corrected chi connectivity index (χ3v) is 5.02. The molecule has 0 aliphatic carbocycles. The molecule has 1 aromatic heterocycles. The van der Waals surface area contributed by atoms with Gasteiger partial charge in [0.05, 0.1) is 4.90 Å². The molecule has 108 valence electrons. The lowest BCUT2D eigenvalue weighted by Crippen LogP contribution is -2.18. The fourth-order valence-corrected chi connectivity index (χ4v) is 3.25. The highest BCUT2D eigenvalue weighted by Gasteiger charge is 2.10. The van der Waals surface area contributed by atoms with E-state index in [0.717, 1.165) is 12.1 Å². The van der Waals surface area contributed by atoms with E-state index in [1.807, 2.05) is 6.92 Å². The summed E-state index contributed by atoms with van der Waals surface area (Å²) >= 11 is 1.77. The first-order chi connectivity index (χ1) is 9.36. The Morgan fingerprint density at radius 1 is 1.20 bits per heavy atom. The number of nitrogens with two attached hydrogens (primary N) is 1. The molecule has 0 fully saturated rings. The van der Waals surface area contributed by atoms with Gasteiger partial charge in [-0.2, -0.15) is 0 Å². The molecule has 3 N–H and O–H groups in total. The fourth-order valence-electron chi connectivity index (χ4n) is 1.90. The van der Waals surface area contributed by atoms with Crippen molar-refractivity contribution in [1.29, 1.82) is 0 Å². The molecule has 1 aromatic carbocycles. The standard InChI is InChI=1S/C14H18N2O2S2/c1-10-3-6-13(19-10)9-16-11(2)12-4-7-14(8-5-12)20(15,17)18/h3-8,11,16H,9H2,1-2H3,(H2,15,17,18). The second-order valence-electron chi connectivity index (χ2n) is 4.73. The molecule has 2 aromatic rings. The second kappa shape index (κ2) is 6.05. The molecule has 0 aliphatic heterocycles. The first-order valence-electron chi connectivity index (χ1n) is 6.28. The van der Waals surface area contributed by atoms with Crippen molar-refractivity contribution in [3.8, 4) is 0 Å². The zero-order valence-corrected chi connectivity index (χ0v) is 13.1. The summed E-state index contributed by atoms with van der Waals surface area (Å²) in [7, 11) is -3.62. The van der Waals surface area contributed by atoms with Crippen molar-refractivity contribution in [2.24, 2.45) is 5.14 Å². The number of hydrogen-bond donors (Lipinski definition) is 2. The summed E-state index contributed by atoms with van der Waals surface area (Å²) in [4.78, 5) is 2.73. The molecule has 1 heterocycles. The SMILES string of the molecule is Cc1ccc(CNC(C)c2ccc(S(N)(=O)=O)cc2)s1. The number of benzene rings is 1. The van der Waals surface area contributed by atoms with Crippen LogP contribution in [-0.4, -0.2) is 8.42 Å². The van der Waals surface area contributed by atoms with Gasteiger partial charge in [-0.25, -0.2) is 13.6 Å². The summed E-state index contributed by atoms with van der Waals surface area (Å²) < 4.78 is 22.4. The third kappa shape index (κ3) is 3.89. The van der Waals surface area contributed by atoms with Gasteiger partial charge in [-0.15, -0.1) is 11.3 Å². The van der Waals surface area contributed by atoms with Crippen LogP contribution in [0, 0.1) is 6.92 Å². The Kier molecular flexibility index (Phi) is 4.59. The Labute approximate surface area is 123 Å². The molecule has 0 aliphatic rings. The Morgan fingerprint density at radius 2 is 1.85 bits per heavy atom. The molecule has 20 heavy (non-hydrogen) atoms. The average Bonchev–Trinajstić information content (AvgIpc) is 2.81. The van der Waals surface area contributed by atoms with Gasteiger partial charge in [0.15, 0.2) is 0 Å². The zero-order valence-electron chi connectivity index (χ0n) is 11.5. The van der Waals surface area contributed by atoms with Crippen molar-refractivity contribution in [2.75, 3.05) is 0 Å². The number of hydrogen-bond acceptors (Lipinski definition) is 4. The van der Waals surface area contributed by atoms with Crippen LogP contribution in [0.2, 0.25) is 0 Å². The maximum atomic E-state index is 11.2. The van der Waals surface area contributed by atoms with Crippen molar-refractivity contribution in [3.63, 3.8) is 0 Å². The summed E-state index contributed by atoms with van der Waals surface area (Å²) in [5, 5.41) is 8.49. The minimum absolute atomic E-state index is 0.141. The molecule has 2 rings (SSSR count). The molecule has 0 amide bonds. The highest BCUT2D eigenvalue weighted by atomic mass is 32.2. The lowest BCUT2D eigenvalue weighted by Gasteiger charge is -2.14. The molecule has 1 unspecified atom stereocenters. The maximum Gasteiger partial charge on any atom is 0.238 e. The Hall–Kier alpha value is -1.21. The van der Waals surface area contributed by atoms with Crippen LogP contribution < -0.4 is 10.5 Å². The number of primary sulfonamides is 1. The fraction of sp³-hybridized carbons (Fsp3) is 0.286. The first-order valence-corrected chi connectivity index (χ1v) is 8.64. The number of sulfonamides is 1. The molecular weight excluding hydrogens is 292 g/mol. The summed E-state index contributed by atoms with van der Waals surface area (Å²) in [6, 6.07) is 11.0. The number of aryl methyl sites for hydroxylation is 1. The van der Waals surface area contributed by atoms with E-state index < -0.39 is 10.0 Å². The van der Waals surface area contributed by atoms with Crippen LogP contribution in [-0.2, 0) is 16.6 Å². The van der Waals surface area contributed by atoms with Gasteiger partial charge in [0.1, 0.15) is 0 Å². The van der Waals surface area contributed by atoms with Gasteiger partial charge in [-0.05, 0) is 43.7 Å². The minimum atomic E-state index is -3.62. The van der Waals surface area contributed by atoms with E-state index in [1.54, 1.807) is 23.5 Å². The van der Waals surface area contributed by atoms with Crippen molar-refractivity contribution < 1.29 is 8.42 Å². The van der Waals surface area contributed by atoms with E-state index in [9.17, 15) is 8.42 Å². The van der Waals surface area contributed by atoms with Crippen LogP contribution in [0.3, 0.4) is 0 Å². The van der Waals surface area contributed by atoms with Crippen LogP contribution in [0.15, 0.2) is 41.3 Å². The molecule has 1 atom stereocenters. The molecule has 0 saturated heterocycles. The molecular formula is C14H18N2O2S2. The Balaban J connectivity index is 2.00. The minimum Gasteiger partial charge on any atom is -0.305 e. The molecule has 0 bridgehead atoms. The topological polar surface area (TPSA) is 72.2 Å². The van der Waals surface area contributed by atoms with Crippen LogP contribution >= 0.6 is 11.3 Å². The summed E-state index contributed by atoms with van der Waals surface area (Å²) in [6.45, 7) is 4.94. The largest absolute Gasteiger partial charge is 0.305 e. The maximum absolute atomic E-state index is 11.2. The molecule has 6 heteroatoms. The van der Waals surface area contributed by atoms with Crippen LogP contribution in [0.1, 0.15) is 28.3 Å². The van der Waals surface area contributed by atoms with Crippen LogP contribution in [0.5, 0.6) is 0 Å². The van der Waals surface area contributed by atoms with Gasteiger partial charge in [-0.1, -0.05) is 12.1 Å².